The normalized spacial score (nSPS) is 20.7. The summed E-state index contributed by atoms with van der Waals surface area (Å²) in [6, 6.07) is 11.0. The smallest absolute Gasteiger partial charge is 0.418 e. The third-order valence-electron chi connectivity index (χ3n) is 8.94. The molecule has 2 aromatic carbocycles. The van der Waals surface area contributed by atoms with Crippen LogP contribution in [0.2, 0.25) is 0 Å². The first kappa shape index (κ1) is 30.7. The Hall–Kier alpha value is -4.32. The molecule has 9 nitrogen and oxygen atoms in total. The number of anilines is 2. The van der Waals surface area contributed by atoms with Gasteiger partial charge in [0.05, 0.1) is 17.5 Å². The van der Waals surface area contributed by atoms with Gasteiger partial charge in [-0.25, -0.2) is 4.98 Å². The van der Waals surface area contributed by atoms with Gasteiger partial charge in [0, 0.05) is 61.2 Å². The maximum Gasteiger partial charge on any atom is 0.418 e. The Kier molecular flexibility index (Phi) is 8.34. The lowest BCUT2D eigenvalue weighted by Gasteiger charge is -2.37. The number of amides is 1. The predicted octanol–water partition coefficient (Wildman–Crippen LogP) is 5.25. The number of piperidine rings is 1. The van der Waals surface area contributed by atoms with Crippen LogP contribution in [0, 0.1) is 0 Å². The largest absolute Gasteiger partial charge is 0.487 e. The summed E-state index contributed by atoms with van der Waals surface area (Å²) in [7, 11) is 5.71. The van der Waals surface area contributed by atoms with E-state index in [0.29, 0.717) is 55.0 Å². The summed E-state index contributed by atoms with van der Waals surface area (Å²) in [5.74, 6) is 1.70. The summed E-state index contributed by atoms with van der Waals surface area (Å²) in [4.78, 5) is 32.4. The van der Waals surface area contributed by atoms with Crippen LogP contribution in [0.3, 0.4) is 0 Å². The summed E-state index contributed by atoms with van der Waals surface area (Å²) < 4.78 is 54.8. The monoisotopic (exact) mass is 623 g/mol. The number of aldehydes is 1. The van der Waals surface area contributed by atoms with Crippen LogP contribution in [0.5, 0.6) is 17.2 Å². The molecule has 3 aliphatic rings. The van der Waals surface area contributed by atoms with Gasteiger partial charge < -0.3 is 34.7 Å². The number of fused-ring (bicyclic) bond motifs is 3. The van der Waals surface area contributed by atoms with Gasteiger partial charge in [0.25, 0.3) is 5.91 Å². The van der Waals surface area contributed by atoms with E-state index in [1.54, 1.807) is 36.3 Å². The number of hydrogen-bond acceptors (Lipinski definition) is 8. The fourth-order valence-corrected chi connectivity index (χ4v) is 6.47. The van der Waals surface area contributed by atoms with Crippen molar-refractivity contribution in [2.24, 2.45) is 0 Å². The summed E-state index contributed by atoms with van der Waals surface area (Å²) in [6.45, 7) is 1.03. The van der Waals surface area contributed by atoms with E-state index in [4.69, 9.17) is 9.47 Å². The molecule has 1 amide bonds. The van der Waals surface area contributed by atoms with Gasteiger partial charge in [-0.3, -0.25) is 4.79 Å². The predicted molar refractivity (Wildman–Crippen MR) is 163 cm³/mol. The maximum atomic E-state index is 14.2. The minimum atomic E-state index is -4.60. The average Bonchev–Trinajstić information content (AvgIpc) is 3.55. The zero-order valence-electron chi connectivity index (χ0n) is 25.4. The van der Waals surface area contributed by atoms with Crippen molar-refractivity contribution in [1.29, 1.82) is 0 Å². The number of nitrogens with one attached hydrogen (secondary N) is 2. The first-order chi connectivity index (χ1) is 21.6. The molecule has 0 spiro atoms. The topological polar surface area (TPSA) is 96.0 Å². The van der Waals surface area contributed by atoms with Gasteiger partial charge in [-0.15, -0.1) is 0 Å². The Bertz CT molecular complexity index is 1590. The number of rotatable bonds is 10. The second-order valence-electron chi connectivity index (χ2n) is 11.9. The van der Waals surface area contributed by atoms with Crippen LogP contribution in [-0.4, -0.2) is 74.5 Å². The number of alkyl halides is 3. The molecule has 3 aromatic rings. The van der Waals surface area contributed by atoms with Crippen molar-refractivity contribution in [2.45, 2.75) is 56.0 Å². The molecule has 2 unspecified atom stereocenters. The Balaban J connectivity index is 1.15. The van der Waals surface area contributed by atoms with Crippen LogP contribution >= 0.6 is 0 Å². The Morgan fingerprint density at radius 2 is 1.93 bits per heavy atom. The molecule has 6 rings (SSSR count). The number of ether oxygens (including phenoxy) is 2. The molecule has 1 saturated carbocycles. The molecule has 0 radical (unpaired) electrons. The molecule has 0 bridgehead atoms. The molecule has 1 aromatic heterocycles. The third kappa shape index (κ3) is 6.15. The standard InChI is InChI=1S/C33H36F3N5O4/c1-37-31-22(5-4-16-42)27(10-13-38-31)44-21-7-9-26-23(18-21)28-29(30(28)45-26)39-32(43)19-6-8-25(24(17-19)33(34,35)36)41-14-11-20(12-15-41)40(2)3/h6-10,13,16-18,20,28-30H,4-5,11-12,14-15H2,1-3H3,(H,37,38)(H,39,43)/t28?,29-,30?/m0/s1. The minimum Gasteiger partial charge on any atom is -0.487 e. The summed E-state index contributed by atoms with van der Waals surface area (Å²) in [6.07, 6.45) is -0.123. The minimum absolute atomic E-state index is 0.0441. The highest BCUT2D eigenvalue weighted by Crippen LogP contribution is 2.54. The number of nitrogens with zero attached hydrogens (tertiary/aromatic N) is 3. The van der Waals surface area contributed by atoms with Gasteiger partial charge in [0.15, 0.2) is 0 Å². The van der Waals surface area contributed by atoms with E-state index in [1.807, 2.05) is 20.2 Å². The van der Waals surface area contributed by atoms with Crippen LogP contribution in [0.4, 0.5) is 24.7 Å². The molecule has 12 heteroatoms. The Morgan fingerprint density at radius 3 is 2.62 bits per heavy atom. The van der Waals surface area contributed by atoms with Gasteiger partial charge >= 0.3 is 6.18 Å². The second-order valence-corrected chi connectivity index (χ2v) is 11.9. The maximum absolute atomic E-state index is 14.2. The van der Waals surface area contributed by atoms with Gasteiger partial charge in [-0.1, -0.05) is 0 Å². The van der Waals surface area contributed by atoms with E-state index in [9.17, 15) is 22.8 Å². The lowest BCUT2D eigenvalue weighted by Crippen LogP contribution is -2.42. The number of carbonyl (C=O) groups excluding carboxylic acids is 2. The summed E-state index contributed by atoms with van der Waals surface area (Å²) >= 11 is 0. The van der Waals surface area contributed by atoms with Crippen LogP contribution in [0.1, 0.15) is 52.2 Å². The number of carbonyl (C=O) groups is 2. The highest BCUT2D eigenvalue weighted by atomic mass is 19.4. The van der Waals surface area contributed by atoms with Crippen molar-refractivity contribution in [1.82, 2.24) is 15.2 Å². The molecular formula is C33H36F3N5O4. The second kappa shape index (κ2) is 12.2. The molecular weight excluding hydrogens is 587 g/mol. The molecule has 2 aliphatic heterocycles. The van der Waals surface area contributed by atoms with Crippen molar-refractivity contribution < 1.29 is 32.2 Å². The average molecular weight is 624 g/mol. The lowest BCUT2D eigenvalue weighted by molar-refractivity contribution is -0.137. The SMILES string of the molecule is CNc1nccc(Oc2ccc3c(c2)C2C(O3)[C@H]2NC(=O)c2ccc(N3CCC(N(C)C)CC3)c(C(F)(F)F)c2)c1CCC=O. The molecule has 2 N–H and O–H groups in total. The van der Waals surface area contributed by atoms with Gasteiger partial charge in [-0.2, -0.15) is 13.2 Å². The Morgan fingerprint density at radius 1 is 1.16 bits per heavy atom. The first-order valence-corrected chi connectivity index (χ1v) is 15.1. The molecule has 1 saturated heterocycles. The van der Waals surface area contributed by atoms with Crippen LogP contribution in [0.25, 0.3) is 0 Å². The zero-order chi connectivity index (χ0) is 31.9. The Labute approximate surface area is 259 Å². The number of hydrogen-bond donors (Lipinski definition) is 2. The molecule has 45 heavy (non-hydrogen) atoms. The number of pyridine rings is 1. The van der Waals surface area contributed by atoms with Crippen molar-refractivity contribution >= 4 is 23.7 Å². The van der Waals surface area contributed by atoms with E-state index >= 15 is 0 Å². The quantitative estimate of drug-likeness (QED) is 0.296. The van der Waals surface area contributed by atoms with Crippen LogP contribution in [-0.2, 0) is 17.4 Å². The molecule has 3 atom stereocenters. The highest BCUT2D eigenvalue weighted by molar-refractivity contribution is 5.95. The van der Waals surface area contributed by atoms with Crippen molar-refractivity contribution in [3.8, 4) is 17.2 Å². The summed E-state index contributed by atoms with van der Waals surface area (Å²) in [5.41, 5.74) is 0.892. The van der Waals surface area contributed by atoms with Crippen molar-refractivity contribution in [2.75, 3.05) is 44.4 Å². The number of halogens is 3. The van der Waals surface area contributed by atoms with Crippen LogP contribution in [0.15, 0.2) is 48.7 Å². The van der Waals surface area contributed by atoms with E-state index < -0.39 is 17.6 Å². The van der Waals surface area contributed by atoms with Crippen LogP contribution < -0.4 is 25.0 Å². The molecule has 1 aliphatic carbocycles. The fraction of sp³-hybridized carbons (Fsp3) is 0.424. The van der Waals surface area contributed by atoms with Crippen molar-refractivity contribution in [3.05, 3.63) is 70.9 Å². The van der Waals surface area contributed by atoms with E-state index in [0.717, 1.165) is 36.3 Å². The van der Waals surface area contributed by atoms with E-state index in [-0.39, 0.29) is 29.3 Å². The van der Waals surface area contributed by atoms with E-state index in [2.05, 4.69) is 20.5 Å². The number of aromatic nitrogens is 1. The molecule has 2 fully saturated rings. The van der Waals surface area contributed by atoms with Gasteiger partial charge in [0.2, 0.25) is 0 Å². The zero-order valence-corrected chi connectivity index (χ0v) is 25.4. The fourth-order valence-electron chi connectivity index (χ4n) is 6.47. The van der Waals surface area contributed by atoms with Gasteiger partial charge in [0.1, 0.15) is 35.5 Å². The van der Waals surface area contributed by atoms with Crippen molar-refractivity contribution in [3.63, 3.8) is 0 Å². The van der Waals surface area contributed by atoms with Gasteiger partial charge in [-0.05, 0) is 75.8 Å². The van der Waals surface area contributed by atoms with E-state index in [1.165, 1.54) is 12.1 Å². The highest BCUT2D eigenvalue weighted by Gasteiger charge is 2.59. The molecule has 3 heterocycles. The third-order valence-corrected chi connectivity index (χ3v) is 8.94. The lowest BCUT2D eigenvalue weighted by atomic mass is 10.0. The number of benzene rings is 2. The summed E-state index contributed by atoms with van der Waals surface area (Å²) in [5, 5.41) is 5.91. The first-order valence-electron chi connectivity index (χ1n) is 15.1. The molecule has 238 valence electrons.